The Hall–Kier alpha value is -2.46. The van der Waals surface area contributed by atoms with Gasteiger partial charge in [-0.1, -0.05) is 11.6 Å². The molecule has 10 heteroatoms. The van der Waals surface area contributed by atoms with Crippen LogP contribution >= 0.6 is 22.9 Å². The summed E-state index contributed by atoms with van der Waals surface area (Å²) in [4.78, 5) is 37.4. The van der Waals surface area contributed by atoms with Crippen LogP contribution in [0.4, 0.5) is 0 Å². The summed E-state index contributed by atoms with van der Waals surface area (Å²) in [6.45, 7) is 6.14. The van der Waals surface area contributed by atoms with Gasteiger partial charge in [-0.15, -0.1) is 11.3 Å². The molecule has 0 radical (unpaired) electrons. The summed E-state index contributed by atoms with van der Waals surface area (Å²) >= 11 is 7.52. The van der Waals surface area contributed by atoms with E-state index in [2.05, 4.69) is 39.3 Å². The molecule has 35 heavy (non-hydrogen) atoms. The van der Waals surface area contributed by atoms with E-state index < -0.39 is 0 Å². The number of benzene rings is 1. The number of carbonyl (C=O) groups excluding carboxylic acids is 2. The van der Waals surface area contributed by atoms with Crippen LogP contribution in [0.5, 0.6) is 0 Å². The van der Waals surface area contributed by atoms with Crippen molar-refractivity contribution >= 4 is 45.7 Å². The molecule has 3 heterocycles. The van der Waals surface area contributed by atoms with Gasteiger partial charge in [0.25, 0.3) is 11.8 Å². The first kappa shape index (κ1) is 24.2. The van der Waals surface area contributed by atoms with Crippen LogP contribution in [0.15, 0.2) is 24.3 Å². The van der Waals surface area contributed by atoms with Gasteiger partial charge in [-0.2, -0.15) is 0 Å². The minimum absolute atomic E-state index is 0.0104. The van der Waals surface area contributed by atoms with Crippen molar-refractivity contribution in [2.75, 3.05) is 13.2 Å². The van der Waals surface area contributed by atoms with Crippen LogP contribution in [-0.4, -0.2) is 63.1 Å². The number of hydrogen-bond acceptors (Lipinski definition) is 6. The van der Waals surface area contributed by atoms with E-state index in [1.54, 1.807) is 18.2 Å². The van der Waals surface area contributed by atoms with Crippen molar-refractivity contribution in [3.8, 4) is 0 Å². The molecule has 1 unspecified atom stereocenters. The second kappa shape index (κ2) is 9.89. The molecule has 2 aliphatic rings. The third-order valence-electron chi connectivity index (χ3n) is 7.06. The number of aliphatic hydroxyl groups is 1. The van der Waals surface area contributed by atoms with E-state index in [1.165, 1.54) is 11.3 Å². The lowest BCUT2D eigenvalue weighted by atomic mass is 10.1. The number of thiazole rings is 1. The van der Waals surface area contributed by atoms with Crippen LogP contribution < -0.4 is 10.6 Å². The highest BCUT2D eigenvalue weighted by atomic mass is 35.5. The molecule has 0 bridgehead atoms. The van der Waals surface area contributed by atoms with Crippen LogP contribution in [0.25, 0.3) is 10.9 Å². The highest BCUT2D eigenvalue weighted by Crippen LogP contribution is 2.29. The highest BCUT2D eigenvalue weighted by molar-refractivity contribution is 7.13. The Morgan fingerprint density at radius 2 is 1.97 bits per heavy atom. The first-order chi connectivity index (χ1) is 16.8. The van der Waals surface area contributed by atoms with Crippen LogP contribution in [0, 0.1) is 5.92 Å². The molecule has 2 amide bonds. The predicted octanol–water partition coefficient (Wildman–Crippen LogP) is 3.34. The van der Waals surface area contributed by atoms with Gasteiger partial charge < -0.3 is 20.7 Å². The fourth-order valence-corrected chi connectivity index (χ4v) is 6.28. The van der Waals surface area contributed by atoms with Gasteiger partial charge in [0, 0.05) is 65.0 Å². The molecule has 2 aromatic heterocycles. The van der Waals surface area contributed by atoms with E-state index in [1.807, 2.05) is 6.07 Å². The normalized spacial score (nSPS) is 22.5. The van der Waals surface area contributed by atoms with E-state index >= 15 is 0 Å². The van der Waals surface area contributed by atoms with E-state index in [4.69, 9.17) is 11.6 Å². The minimum atomic E-state index is -0.287. The van der Waals surface area contributed by atoms with Gasteiger partial charge in [0.1, 0.15) is 5.69 Å². The van der Waals surface area contributed by atoms with Gasteiger partial charge in [-0.05, 0) is 56.9 Å². The first-order valence-electron chi connectivity index (χ1n) is 12.0. The molecular weight excluding hydrogens is 486 g/mol. The SMILES string of the molecule is CC(C)N1CCc2nc(C(=O)N[C@@H]3CC(CO)C[C@H]3NC(=O)c3cc4cc(Cl)ccc4[nH]3)sc2C1. The number of carbonyl (C=O) groups is 2. The van der Waals surface area contributed by atoms with Gasteiger partial charge in [0.15, 0.2) is 5.01 Å². The number of fused-ring (bicyclic) bond motifs is 2. The number of hydrogen-bond donors (Lipinski definition) is 4. The molecule has 186 valence electrons. The van der Waals surface area contributed by atoms with Crippen molar-refractivity contribution in [1.82, 2.24) is 25.5 Å². The van der Waals surface area contributed by atoms with Crippen molar-refractivity contribution in [3.63, 3.8) is 0 Å². The monoisotopic (exact) mass is 515 g/mol. The fourth-order valence-electron chi connectivity index (χ4n) is 5.07. The lowest BCUT2D eigenvalue weighted by molar-refractivity contribution is 0.0889. The Morgan fingerprint density at radius 1 is 1.23 bits per heavy atom. The van der Waals surface area contributed by atoms with E-state index in [0.29, 0.717) is 34.6 Å². The summed E-state index contributed by atoms with van der Waals surface area (Å²) in [6, 6.07) is 7.06. The average molecular weight is 516 g/mol. The van der Waals surface area contributed by atoms with Gasteiger partial charge >= 0.3 is 0 Å². The van der Waals surface area contributed by atoms with Gasteiger partial charge in [0.2, 0.25) is 0 Å². The number of halogens is 1. The second-order valence-electron chi connectivity index (χ2n) is 9.80. The standard InChI is InChI=1S/C25H30ClN5O3S/c1-13(2)31-6-5-18-22(11-31)35-25(30-18)24(34)29-20-8-14(12-32)7-19(20)28-23(33)21-10-15-9-16(26)3-4-17(15)27-21/h3-4,9-10,13-14,19-20,27,32H,5-8,11-12H2,1-2H3,(H,28,33)(H,29,34)/t14?,19-,20-/m1/s1. The Labute approximate surface area is 213 Å². The number of amides is 2. The minimum Gasteiger partial charge on any atom is -0.396 e. The Morgan fingerprint density at radius 3 is 2.69 bits per heavy atom. The molecule has 3 atom stereocenters. The quantitative estimate of drug-likeness (QED) is 0.402. The molecule has 1 aliphatic heterocycles. The first-order valence-corrected chi connectivity index (χ1v) is 13.2. The topological polar surface area (TPSA) is 110 Å². The van der Waals surface area contributed by atoms with Crippen molar-refractivity contribution in [2.24, 2.45) is 5.92 Å². The molecule has 1 aromatic carbocycles. The summed E-state index contributed by atoms with van der Waals surface area (Å²) < 4.78 is 0. The van der Waals surface area contributed by atoms with Gasteiger partial charge in [-0.3, -0.25) is 14.5 Å². The lowest BCUT2D eigenvalue weighted by Crippen LogP contribution is -2.48. The summed E-state index contributed by atoms with van der Waals surface area (Å²) in [6.07, 6.45) is 2.04. The van der Waals surface area contributed by atoms with Crippen molar-refractivity contribution in [3.05, 3.63) is 50.6 Å². The Bertz CT molecular complexity index is 1260. The molecule has 1 aliphatic carbocycles. The molecule has 0 spiro atoms. The average Bonchev–Trinajstić information content (AvgIpc) is 3.54. The van der Waals surface area contributed by atoms with Crippen molar-refractivity contribution in [1.29, 1.82) is 0 Å². The third kappa shape index (κ3) is 5.09. The predicted molar refractivity (Wildman–Crippen MR) is 137 cm³/mol. The number of aliphatic hydroxyl groups excluding tert-OH is 1. The largest absolute Gasteiger partial charge is 0.396 e. The van der Waals surface area contributed by atoms with Crippen LogP contribution in [-0.2, 0) is 13.0 Å². The maximum Gasteiger partial charge on any atom is 0.280 e. The van der Waals surface area contributed by atoms with Crippen LogP contribution in [0.1, 0.15) is 57.6 Å². The fraction of sp³-hybridized carbons (Fsp3) is 0.480. The third-order valence-corrected chi connectivity index (χ3v) is 8.38. The summed E-state index contributed by atoms with van der Waals surface area (Å²) in [7, 11) is 0. The summed E-state index contributed by atoms with van der Waals surface area (Å²) in [5.74, 6) is -0.460. The van der Waals surface area contributed by atoms with Crippen molar-refractivity contribution in [2.45, 2.75) is 57.8 Å². The zero-order valence-corrected chi connectivity index (χ0v) is 21.4. The van der Waals surface area contributed by atoms with Crippen molar-refractivity contribution < 1.29 is 14.7 Å². The maximum absolute atomic E-state index is 13.1. The molecule has 0 saturated heterocycles. The number of aromatic nitrogens is 2. The zero-order valence-electron chi connectivity index (χ0n) is 19.8. The molecular formula is C25H30ClN5O3S. The number of nitrogens with zero attached hydrogens (tertiary/aromatic N) is 2. The van der Waals surface area contributed by atoms with Crippen LogP contribution in [0.3, 0.4) is 0 Å². The van der Waals surface area contributed by atoms with Crippen LogP contribution in [0.2, 0.25) is 5.02 Å². The van der Waals surface area contributed by atoms with Gasteiger partial charge in [-0.25, -0.2) is 4.98 Å². The smallest absolute Gasteiger partial charge is 0.280 e. The Balaban J connectivity index is 1.28. The number of H-pyrrole nitrogens is 1. The van der Waals surface area contributed by atoms with E-state index in [-0.39, 0.29) is 36.4 Å². The molecule has 3 aromatic rings. The maximum atomic E-state index is 13.1. The van der Waals surface area contributed by atoms with E-state index in [0.717, 1.165) is 41.0 Å². The molecule has 1 fully saturated rings. The number of rotatable bonds is 6. The Kier molecular flexibility index (Phi) is 6.85. The number of nitrogens with one attached hydrogen (secondary N) is 3. The molecule has 8 nitrogen and oxygen atoms in total. The molecule has 1 saturated carbocycles. The molecule has 5 rings (SSSR count). The van der Waals surface area contributed by atoms with Gasteiger partial charge in [0.05, 0.1) is 5.69 Å². The summed E-state index contributed by atoms with van der Waals surface area (Å²) in [5, 5.41) is 17.8. The second-order valence-corrected chi connectivity index (χ2v) is 11.3. The van der Waals surface area contributed by atoms with E-state index in [9.17, 15) is 14.7 Å². The lowest BCUT2D eigenvalue weighted by Gasteiger charge is -2.29. The summed E-state index contributed by atoms with van der Waals surface area (Å²) in [5.41, 5.74) is 2.27. The number of aromatic amines is 1. The zero-order chi connectivity index (χ0) is 24.7. The highest BCUT2D eigenvalue weighted by Gasteiger charge is 2.37. The molecule has 4 N–H and O–H groups in total.